The summed E-state index contributed by atoms with van der Waals surface area (Å²) >= 11 is 0. The first-order valence-electron chi connectivity index (χ1n) is 9.50. The Bertz CT molecular complexity index is 987. The minimum absolute atomic E-state index is 0.0168. The Labute approximate surface area is 158 Å². The summed E-state index contributed by atoms with van der Waals surface area (Å²) in [5.41, 5.74) is 5.42. The zero-order valence-electron chi connectivity index (χ0n) is 15.1. The molecular weight excluding hydrogens is 336 g/mol. The number of benzene rings is 2. The van der Waals surface area contributed by atoms with E-state index in [0.717, 1.165) is 38.0 Å². The lowest BCUT2D eigenvalue weighted by Crippen LogP contribution is -2.52. The average molecular weight is 358 g/mol. The van der Waals surface area contributed by atoms with Gasteiger partial charge in [0, 0.05) is 18.1 Å². The summed E-state index contributed by atoms with van der Waals surface area (Å²) in [6, 6.07) is 16.6. The maximum absolute atomic E-state index is 13.3. The Balaban J connectivity index is 1.43. The summed E-state index contributed by atoms with van der Waals surface area (Å²) in [7, 11) is 0. The van der Waals surface area contributed by atoms with Gasteiger partial charge in [0.2, 0.25) is 0 Å². The van der Waals surface area contributed by atoms with Crippen molar-refractivity contribution in [2.75, 3.05) is 18.4 Å². The van der Waals surface area contributed by atoms with Gasteiger partial charge in [-0.3, -0.25) is 9.48 Å². The van der Waals surface area contributed by atoms with E-state index in [1.165, 1.54) is 22.3 Å². The number of nitrogens with zero attached hydrogens (tertiary/aromatic N) is 2. The van der Waals surface area contributed by atoms with Crippen LogP contribution in [-0.4, -0.2) is 28.8 Å². The zero-order valence-corrected chi connectivity index (χ0v) is 15.1. The average Bonchev–Trinajstić information content (AvgIpc) is 3.36. The van der Waals surface area contributed by atoms with Gasteiger partial charge in [-0.2, -0.15) is 5.10 Å². The molecule has 1 aromatic heterocycles. The minimum atomic E-state index is -0.628. The summed E-state index contributed by atoms with van der Waals surface area (Å²) in [5, 5.41) is 10.9. The van der Waals surface area contributed by atoms with Crippen molar-refractivity contribution >= 4 is 11.6 Å². The third-order valence-corrected chi connectivity index (χ3v) is 5.85. The highest BCUT2D eigenvalue weighted by atomic mass is 16.2. The number of hydrogen-bond acceptors (Lipinski definition) is 3. The number of piperidine rings is 1. The van der Waals surface area contributed by atoms with E-state index in [1.54, 1.807) is 6.20 Å². The van der Waals surface area contributed by atoms with Crippen molar-refractivity contribution in [2.45, 2.75) is 24.8 Å². The zero-order chi connectivity index (χ0) is 18.3. The minimum Gasteiger partial charge on any atom is -0.324 e. The van der Waals surface area contributed by atoms with Gasteiger partial charge < -0.3 is 10.6 Å². The predicted octanol–water partition coefficient (Wildman–Crippen LogP) is 3.17. The molecule has 1 saturated heterocycles. The van der Waals surface area contributed by atoms with Crippen molar-refractivity contribution in [1.29, 1.82) is 0 Å². The molecule has 1 amide bonds. The van der Waals surface area contributed by atoms with Crippen LogP contribution in [-0.2, 0) is 16.8 Å². The van der Waals surface area contributed by atoms with Gasteiger partial charge in [-0.1, -0.05) is 30.3 Å². The lowest BCUT2D eigenvalue weighted by Gasteiger charge is -2.36. The molecule has 1 aliphatic carbocycles. The normalized spacial score (nSPS) is 17.2. The fourth-order valence-electron chi connectivity index (χ4n) is 4.39. The van der Waals surface area contributed by atoms with E-state index in [2.05, 4.69) is 52.1 Å². The number of rotatable bonds is 3. The van der Waals surface area contributed by atoms with Gasteiger partial charge in [0.25, 0.3) is 5.91 Å². The number of anilines is 1. The molecule has 0 spiro atoms. The van der Waals surface area contributed by atoms with Gasteiger partial charge in [-0.15, -0.1) is 0 Å². The van der Waals surface area contributed by atoms with Crippen molar-refractivity contribution in [3.05, 3.63) is 72.1 Å². The van der Waals surface area contributed by atoms with E-state index < -0.39 is 5.54 Å². The Morgan fingerprint density at radius 2 is 1.85 bits per heavy atom. The van der Waals surface area contributed by atoms with Gasteiger partial charge in [-0.05, 0) is 72.8 Å². The number of aromatic nitrogens is 2. The largest absolute Gasteiger partial charge is 0.324 e. The summed E-state index contributed by atoms with van der Waals surface area (Å²) in [6.45, 7) is 1.62. The van der Waals surface area contributed by atoms with E-state index >= 15 is 0 Å². The van der Waals surface area contributed by atoms with Crippen molar-refractivity contribution in [2.24, 2.45) is 0 Å². The van der Waals surface area contributed by atoms with Crippen LogP contribution in [0.5, 0.6) is 0 Å². The van der Waals surface area contributed by atoms with Crippen molar-refractivity contribution in [3.8, 4) is 11.1 Å². The molecule has 0 unspecified atom stereocenters. The van der Waals surface area contributed by atoms with Crippen LogP contribution in [0.3, 0.4) is 0 Å². The molecule has 0 atom stereocenters. The molecule has 2 aromatic carbocycles. The highest BCUT2D eigenvalue weighted by molar-refractivity contribution is 5.97. The van der Waals surface area contributed by atoms with Gasteiger partial charge in [0.05, 0.1) is 0 Å². The molecule has 1 fully saturated rings. The number of carbonyl (C=O) groups is 1. The second kappa shape index (κ2) is 6.35. The second-order valence-electron chi connectivity index (χ2n) is 7.39. The first-order chi connectivity index (χ1) is 13.3. The molecule has 136 valence electrons. The van der Waals surface area contributed by atoms with E-state index in [0.29, 0.717) is 0 Å². The molecule has 5 heteroatoms. The fourth-order valence-corrected chi connectivity index (χ4v) is 4.39. The smallest absolute Gasteiger partial charge is 0.252 e. The molecular formula is C22H22N4O. The summed E-state index contributed by atoms with van der Waals surface area (Å²) in [6.07, 6.45) is 6.02. The van der Waals surface area contributed by atoms with Gasteiger partial charge in [0.1, 0.15) is 5.54 Å². The van der Waals surface area contributed by atoms with Crippen LogP contribution in [0.25, 0.3) is 11.1 Å². The highest BCUT2D eigenvalue weighted by Gasteiger charge is 2.42. The molecule has 2 heterocycles. The predicted molar refractivity (Wildman–Crippen MR) is 106 cm³/mol. The molecule has 5 nitrogen and oxygen atoms in total. The molecule has 1 aliphatic heterocycles. The molecule has 0 saturated carbocycles. The van der Waals surface area contributed by atoms with E-state index in [1.807, 2.05) is 23.0 Å². The monoisotopic (exact) mass is 358 g/mol. The Morgan fingerprint density at radius 1 is 1.04 bits per heavy atom. The highest BCUT2D eigenvalue weighted by Crippen LogP contribution is 2.38. The molecule has 0 radical (unpaired) electrons. The Morgan fingerprint density at radius 3 is 2.67 bits per heavy atom. The maximum Gasteiger partial charge on any atom is 0.252 e. The van der Waals surface area contributed by atoms with Crippen molar-refractivity contribution < 1.29 is 4.79 Å². The third-order valence-electron chi connectivity index (χ3n) is 5.85. The number of carbonyl (C=O) groups excluding carboxylic acids is 1. The Kier molecular flexibility index (Phi) is 3.83. The molecule has 0 bridgehead atoms. The molecule has 3 aromatic rings. The van der Waals surface area contributed by atoms with E-state index in [-0.39, 0.29) is 5.91 Å². The SMILES string of the molecule is O=C(Nc1ccc2c(c1)Cc1ccccc1-2)C1(n2cccn2)CCNCC1. The van der Waals surface area contributed by atoms with Crippen molar-refractivity contribution in [3.63, 3.8) is 0 Å². The van der Waals surface area contributed by atoms with Crippen LogP contribution < -0.4 is 10.6 Å². The number of nitrogens with one attached hydrogen (secondary N) is 2. The maximum atomic E-state index is 13.3. The van der Waals surface area contributed by atoms with Crippen LogP contribution in [0.15, 0.2) is 60.9 Å². The van der Waals surface area contributed by atoms with Crippen LogP contribution in [0.1, 0.15) is 24.0 Å². The fraction of sp³-hybridized carbons (Fsp3) is 0.273. The Hall–Kier alpha value is -2.92. The summed E-state index contributed by atoms with van der Waals surface area (Å²) in [5.74, 6) is 0.0168. The first-order valence-corrected chi connectivity index (χ1v) is 9.50. The van der Waals surface area contributed by atoms with Crippen LogP contribution in [0.4, 0.5) is 5.69 Å². The summed E-state index contributed by atoms with van der Waals surface area (Å²) < 4.78 is 1.83. The lowest BCUT2D eigenvalue weighted by atomic mass is 9.87. The van der Waals surface area contributed by atoms with Crippen LogP contribution in [0.2, 0.25) is 0 Å². The third kappa shape index (κ3) is 2.66. The number of amides is 1. The second-order valence-corrected chi connectivity index (χ2v) is 7.39. The number of fused-ring (bicyclic) bond motifs is 3. The molecule has 2 N–H and O–H groups in total. The molecule has 5 rings (SSSR count). The molecule has 27 heavy (non-hydrogen) atoms. The van der Waals surface area contributed by atoms with Gasteiger partial charge >= 0.3 is 0 Å². The van der Waals surface area contributed by atoms with Gasteiger partial charge in [-0.25, -0.2) is 0 Å². The lowest BCUT2D eigenvalue weighted by molar-refractivity contribution is -0.126. The topological polar surface area (TPSA) is 59.0 Å². The van der Waals surface area contributed by atoms with Crippen LogP contribution >= 0.6 is 0 Å². The van der Waals surface area contributed by atoms with E-state index in [4.69, 9.17) is 0 Å². The van der Waals surface area contributed by atoms with Crippen molar-refractivity contribution in [1.82, 2.24) is 15.1 Å². The standard InChI is InChI=1S/C22H22N4O/c27-21(22(8-11-23-12-9-22)26-13-3-10-24-26)25-18-6-7-20-17(15-18)14-16-4-1-2-5-19(16)20/h1-7,10,13,15,23H,8-9,11-12,14H2,(H,25,27). The van der Waals surface area contributed by atoms with Crippen LogP contribution in [0, 0.1) is 0 Å². The number of hydrogen-bond donors (Lipinski definition) is 2. The first kappa shape index (κ1) is 16.3. The quantitative estimate of drug-likeness (QED) is 0.591. The summed E-state index contributed by atoms with van der Waals surface area (Å²) in [4.78, 5) is 13.3. The molecule has 2 aliphatic rings. The van der Waals surface area contributed by atoms with Gasteiger partial charge in [0.15, 0.2) is 0 Å². The van der Waals surface area contributed by atoms with E-state index in [9.17, 15) is 4.79 Å².